The molecule has 0 aromatic heterocycles. The third-order valence-corrected chi connectivity index (χ3v) is 3.30. The molecule has 1 N–H and O–H groups in total. The first-order chi connectivity index (χ1) is 8.70. The minimum Gasteiger partial charge on any atom is -0.344 e. The van der Waals surface area contributed by atoms with Gasteiger partial charge in [0.05, 0.1) is 0 Å². The molecule has 2 aromatic carbocycles. The normalized spacial score (nSPS) is 9.89. The van der Waals surface area contributed by atoms with Crippen LogP contribution in [-0.2, 0) is 11.3 Å². The van der Waals surface area contributed by atoms with Crippen LogP contribution in [0.15, 0.2) is 48.5 Å². The molecule has 4 heteroatoms. The summed E-state index contributed by atoms with van der Waals surface area (Å²) in [5, 5.41) is 3.84. The van der Waals surface area contributed by atoms with Crippen LogP contribution in [0.4, 0.5) is 5.69 Å². The van der Waals surface area contributed by atoms with Gasteiger partial charge in [-0.1, -0.05) is 41.9 Å². The fourth-order valence-corrected chi connectivity index (χ4v) is 2.23. The second-order valence-corrected chi connectivity index (χ2v) is 4.87. The Morgan fingerprint density at radius 1 is 1.17 bits per heavy atom. The summed E-state index contributed by atoms with van der Waals surface area (Å²) in [4.78, 5) is 0.584. The monoisotopic (exact) mass is 277 g/mol. The fourth-order valence-electron chi connectivity index (χ4n) is 1.62. The van der Waals surface area contributed by atoms with Crippen LogP contribution in [-0.4, -0.2) is 9.20 Å². The summed E-state index contributed by atoms with van der Waals surface area (Å²) >= 11 is 6.36. The summed E-state index contributed by atoms with van der Waals surface area (Å²) < 4.78 is 11.2. The van der Waals surface area contributed by atoms with Crippen LogP contribution in [0.1, 0.15) is 11.1 Å². The lowest BCUT2D eigenvalue weighted by Crippen LogP contribution is -2.13. The Bertz CT molecular complexity index is 606. The van der Waals surface area contributed by atoms with Crippen molar-refractivity contribution in [2.75, 3.05) is 5.32 Å². The van der Waals surface area contributed by atoms with Crippen LogP contribution >= 0.6 is 11.6 Å². The maximum absolute atomic E-state index is 11.2. The van der Waals surface area contributed by atoms with Crippen molar-refractivity contribution < 1.29 is 4.21 Å². The van der Waals surface area contributed by atoms with E-state index in [0.717, 1.165) is 16.8 Å². The highest BCUT2D eigenvalue weighted by Gasteiger charge is 2.05. The number of benzene rings is 2. The van der Waals surface area contributed by atoms with Crippen LogP contribution < -0.4 is 5.32 Å². The molecular weight excluding hydrogens is 266 g/mol. The van der Waals surface area contributed by atoms with Gasteiger partial charge in [-0.2, -0.15) is 0 Å². The molecule has 0 amide bonds. The molecule has 2 nitrogen and oxygen atoms in total. The van der Waals surface area contributed by atoms with E-state index in [-0.39, 0.29) is 0 Å². The Morgan fingerprint density at radius 3 is 2.50 bits per heavy atom. The average Bonchev–Trinajstić information content (AvgIpc) is 2.39. The molecule has 0 unspecified atom stereocenters. The Balaban J connectivity index is 2.30. The van der Waals surface area contributed by atoms with Crippen molar-refractivity contribution in [2.24, 2.45) is 0 Å². The average molecular weight is 278 g/mol. The van der Waals surface area contributed by atoms with Crippen molar-refractivity contribution in [3.8, 4) is 0 Å². The topological polar surface area (TPSA) is 29.1 Å². The van der Waals surface area contributed by atoms with E-state index in [1.165, 1.54) is 0 Å². The van der Waals surface area contributed by atoms with Crippen molar-refractivity contribution in [3.05, 3.63) is 64.7 Å². The molecule has 0 heterocycles. The third kappa shape index (κ3) is 3.00. The lowest BCUT2D eigenvalue weighted by atomic mass is 10.2. The molecule has 0 atom stereocenters. The van der Waals surface area contributed by atoms with E-state index in [2.05, 4.69) is 5.32 Å². The molecule has 0 radical (unpaired) electrons. The molecule has 0 fully saturated rings. The van der Waals surface area contributed by atoms with Crippen LogP contribution in [0, 0.1) is 6.92 Å². The maximum Gasteiger partial charge on any atom is 0.141 e. The first kappa shape index (κ1) is 12.9. The Hall–Kier alpha value is -1.58. The van der Waals surface area contributed by atoms with E-state index < -0.39 is 0 Å². The molecule has 0 spiro atoms. The number of aryl methyl sites for hydroxylation is 1. The molecule has 2 rings (SSSR count). The first-order valence-corrected chi connectivity index (χ1v) is 6.58. The zero-order valence-corrected chi connectivity index (χ0v) is 11.4. The van der Waals surface area contributed by atoms with Crippen molar-refractivity contribution in [1.82, 2.24) is 0 Å². The minimum atomic E-state index is 0.453. The summed E-state index contributed by atoms with van der Waals surface area (Å²) in [5.74, 6) is 0. The molecule has 0 bridgehead atoms. The van der Waals surface area contributed by atoms with E-state index >= 15 is 0 Å². The van der Waals surface area contributed by atoms with E-state index in [1.807, 2.05) is 49.4 Å². The summed E-state index contributed by atoms with van der Waals surface area (Å²) in [5.41, 5.74) is 2.78. The van der Waals surface area contributed by atoms with Gasteiger partial charge < -0.3 is 5.32 Å². The Labute approximate surface area is 115 Å². The summed E-state index contributed by atoms with van der Waals surface area (Å²) in [6.07, 6.45) is 0. The van der Waals surface area contributed by atoms with E-state index in [4.69, 9.17) is 11.6 Å². The Kier molecular flexibility index (Phi) is 4.18. The molecular formula is C14H12ClNOS. The van der Waals surface area contributed by atoms with Crippen LogP contribution in [0.25, 0.3) is 0 Å². The van der Waals surface area contributed by atoms with Crippen molar-refractivity contribution in [1.29, 1.82) is 0 Å². The standard InChI is InChI=1S/C14H12ClNOS/c1-10-9-12(15)7-8-13(10)16-14(18-17)11-5-3-2-4-6-11/h2-9,16H,1H3. The van der Waals surface area contributed by atoms with Gasteiger partial charge in [0, 0.05) is 16.3 Å². The van der Waals surface area contributed by atoms with Gasteiger partial charge in [-0.15, -0.1) is 0 Å². The molecule has 0 saturated heterocycles. The van der Waals surface area contributed by atoms with Gasteiger partial charge in [-0.25, -0.2) is 4.21 Å². The van der Waals surface area contributed by atoms with Gasteiger partial charge in [-0.3, -0.25) is 0 Å². The highest BCUT2D eigenvalue weighted by molar-refractivity contribution is 7.67. The molecule has 92 valence electrons. The Morgan fingerprint density at radius 2 is 1.89 bits per heavy atom. The highest BCUT2D eigenvalue weighted by atomic mass is 35.5. The SMILES string of the molecule is Cc1cc(Cl)ccc1NC(=S=O)c1ccccc1. The zero-order chi connectivity index (χ0) is 13.0. The van der Waals surface area contributed by atoms with Crippen LogP contribution in [0.3, 0.4) is 0 Å². The molecule has 0 aliphatic carbocycles. The molecule has 0 saturated carbocycles. The second kappa shape index (κ2) is 5.85. The largest absolute Gasteiger partial charge is 0.344 e. The van der Waals surface area contributed by atoms with E-state index in [0.29, 0.717) is 21.3 Å². The van der Waals surface area contributed by atoms with Crippen LogP contribution in [0.5, 0.6) is 0 Å². The number of halogens is 1. The van der Waals surface area contributed by atoms with Crippen molar-refractivity contribution >= 4 is 33.5 Å². The third-order valence-electron chi connectivity index (χ3n) is 2.56. The van der Waals surface area contributed by atoms with Crippen LogP contribution in [0.2, 0.25) is 5.02 Å². The number of rotatable bonds is 2. The zero-order valence-electron chi connectivity index (χ0n) is 9.81. The van der Waals surface area contributed by atoms with Gasteiger partial charge in [-0.05, 0) is 30.7 Å². The van der Waals surface area contributed by atoms with Gasteiger partial charge in [0.25, 0.3) is 0 Å². The van der Waals surface area contributed by atoms with E-state index in [1.54, 1.807) is 6.07 Å². The lowest BCUT2D eigenvalue weighted by Gasteiger charge is -2.10. The molecule has 0 aliphatic rings. The number of anilines is 1. The minimum absolute atomic E-state index is 0.453. The highest BCUT2D eigenvalue weighted by Crippen LogP contribution is 2.20. The molecule has 0 aliphatic heterocycles. The van der Waals surface area contributed by atoms with Crippen molar-refractivity contribution in [2.45, 2.75) is 6.92 Å². The summed E-state index contributed by atoms with van der Waals surface area (Å²) in [7, 11) is 0. The number of hydrogen-bond acceptors (Lipinski definition) is 1. The first-order valence-electron chi connectivity index (χ1n) is 5.46. The maximum atomic E-state index is 11.2. The summed E-state index contributed by atoms with van der Waals surface area (Å²) in [6, 6.07) is 15.1. The number of nitrogens with one attached hydrogen (secondary N) is 1. The molecule has 18 heavy (non-hydrogen) atoms. The lowest BCUT2D eigenvalue weighted by molar-refractivity contribution is 0.701. The predicted octanol–water partition coefficient (Wildman–Crippen LogP) is 3.45. The van der Waals surface area contributed by atoms with Gasteiger partial charge in [0.2, 0.25) is 0 Å². The smallest absolute Gasteiger partial charge is 0.141 e. The van der Waals surface area contributed by atoms with Gasteiger partial charge in [0.1, 0.15) is 16.2 Å². The quantitative estimate of drug-likeness (QED) is 0.852. The second-order valence-electron chi connectivity index (χ2n) is 3.86. The molecule has 2 aromatic rings. The van der Waals surface area contributed by atoms with Crippen molar-refractivity contribution in [3.63, 3.8) is 0 Å². The van der Waals surface area contributed by atoms with Gasteiger partial charge >= 0.3 is 0 Å². The van der Waals surface area contributed by atoms with Gasteiger partial charge in [0.15, 0.2) is 0 Å². The van der Waals surface area contributed by atoms with E-state index in [9.17, 15) is 4.21 Å². The summed E-state index contributed by atoms with van der Waals surface area (Å²) in [6.45, 7) is 1.95. The number of hydrogen-bond donors (Lipinski definition) is 1. The fraction of sp³-hybridized carbons (Fsp3) is 0.0714. The predicted molar refractivity (Wildman–Crippen MR) is 78.5 cm³/mol.